The second kappa shape index (κ2) is 6.11. The zero-order chi connectivity index (χ0) is 16.7. The molecule has 5 nitrogen and oxygen atoms in total. The summed E-state index contributed by atoms with van der Waals surface area (Å²) >= 11 is 6.15. The van der Waals surface area contributed by atoms with Gasteiger partial charge in [0.1, 0.15) is 4.90 Å². The summed E-state index contributed by atoms with van der Waals surface area (Å²) in [7, 11) is -3.65. The summed E-state index contributed by atoms with van der Waals surface area (Å²) in [6.45, 7) is 2.45. The van der Waals surface area contributed by atoms with Crippen molar-refractivity contribution < 1.29 is 8.42 Å². The van der Waals surface area contributed by atoms with E-state index in [2.05, 4.69) is 10.3 Å². The highest BCUT2D eigenvalue weighted by atomic mass is 35.5. The summed E-state index contributed by atoms with van der Waals surface area (Å²) < 4.78 is 27.9. The van der Waals surface area contributed by atoms with Crippen molar-refractivity contribution in [3.63, 3.8) is 0 Å². The van der Waals surface area contributed by atoms with E-state index >= 15 is 0 Å². The lowest BCUT2D eigenvalue weighted by molar-refractivity contribution is 0.349. The molecule has 1 fully saturated rings. The third-order valence-electron chi connectivity index (χ3n) is 4.86. The van der Waals surface area contributed by atoms with E-state index in [4.69, 9.17) is 11.6 Å². The molecule has 0 saturated carbocycles. The molecule has 0 bridgehead atoms. The molecule has 2 aliphatic rings. The fourth-order valence-corrected chi connectivity index (χ4v) is 5.62. The van der Waals surface area contributed by atoms with Crippen molar-refractivity contribution >= 4 is 21.6 Å². The van der Waals surface area contributed by atoms with Gasteiger partial charge in [-0.05, 0) is 36.2 Å². The molecule has 2 aliphatic heterocycles. The molecule has 0 amide bonds. The monoisotopic (exact) mass is 363 g/mol. The van der Waals surface area contributed by atoms with Gasteiger partial charge in [-0.25, -0.2) is 8.42 Å². The summed E-state index contributed by atoms with van der Waals surface area (Å²) in [5.41, 5.74) is 1.99. The first-order valence-electron chi connectivity index (χ1n) is 7.96. The van der Waals surface area contributed by atoms with Crippen molar-refractivity contribution in [2.24, 2.45) is 5.92 Å². The molecule has 1 N–H and O–H groups in total. The van der Waals surface area contributed by atoms with Crippen LogP contribution in [0.25, 0.3) is 0 Å². The average Bonchev–Trinajstić information content (AvgIpc) is 2.97. The smallest absolute Gasteiger partial charge is 0.244 e. The fourth-order valence-electron chi connectivity index (χ4n) is 3.66. The molecule has 1 aromatic carbocycles. The number of aromatic nitrogens is 1. The van der Waals surface area contributed by atoms with Gasteiger partial charge in [0.2, 0.25) is 10.0 Å². The Labute approximate surface area is 146 Å². The van der Waals surface area contributed by atoms with Gasteiger partial charge in [-0.15, -0.1) is 0 Å². The largest absolute Gasteiger partial charge is 0.316 e. The predicted molar refractivity (Wildman–Crippen MR) is 92.4 cm³/mol. The maximum Gasteiger partial charge on any atom is 0.244 e. The van der Waals surface area contributed by atoms with E-state index in [1.165, 1.54) is 0 Å². The van der Waals surface area contributed by atoms with Crippen molar-refractivity contribution in [3.8, 4) is 0 Å². The average molecular weight is 364 g/mol. The molecule has 0 radical (unpaired) electrons. The Morgan fingerprint density at radius 2 is 2.00 bits per heavy atom. The number of rotatable bonds is 2. The van der Waals surface area contributed by atoms with E-state index in [9.17, 15) is 8.42 Å². The minimum Gasteiger partial charge on any atom is -0.316 e. The summed E-state index contributed by atoms with van der Waals surface area (Å²) in [5, 5.41) is 3.63. The van der Waals surface area contributed by atoms with Gasteiger partial charge < -0.3 is 5.32 Å². The van der Waals surface area contributed by atoms with Gasteiger partial charge in [-0.1, -0.05) is 29.8 Å². The Bertz CT molecular complexity index is 872. The minimum atomic E-state index is -3.65. The van der Waals surface area contributed by atoms with Gasteiger partial charge >= 0.3 is 0 Å². The van der Waals surface area contributed by atoms with Crippen molar-refractivity contribution in [1.82, 2.24) is 14.6 Å². The van der Waals surface area contributed by atoms with Crippen LogP contribution < -0.4 is 5.32 Å². The highest BCUT2D eigenvalue weighted by Gasteiger charge is 2.39. The number of hydrogen-bond donors (Lipinski definition) is 1. The van der Waals surface area contributed by atoms with E-state index in [0.717, 1.165) is 24.3 Å². The van der Waals surface area contributed by atoms with Gasteiger partial charge in [0, 0.05) is 37.4 Å². The van der Waals surface area contributed by atoms with E-state index < -0.39 is 10.0 Å². The Morgan fingerprint density at radius 3 is 2.83 bits per heavy atom. The van der Waals surface area contributed by atoms with Crippen LogP contribution in [0.4, 0.5) is 0 Å². The van der Waals surface area contributed by atoms with Crippen molar-refractivity contribution in [1.29, 1.82) is 0 Å². The Kier molecular flexibility index (Phi) is 4.08. The van der Waals surface area contributed by atoms with Crippen molar-refractivity contribution in [2.45, 2.75) is 17.4 Å². The quantitative estimate of drug-likeness (QED) is 0.888. The van der Waals surface area contributed by atoms with Gasteiger partial charge in [0.25, 0.3) is 0 Å². The molecule has 24 heavy (non-hydrogen) atoms. The number of nitrogens with zero attached hydrogens (tertiary/aromatic N) is 2. The van der Waals surface area contributed by atoms with Crippen molar-refractivity contribution in [3.05, 3.63) is 58.9 Å². The number of fused-ring (bicyclic) bond motifs is 3. The summed E-state index contributed by atoms with van der Waals surface area (Å²) in [4.78, 5) is 4.71. The number of halogens is 1. The van der Waals surface area contributed by atoms with Crippen LogP contribution in [-0.4, -0.2) is 37.3 Å². The molecule has 4 rings (SSSR count). The predicted octanol–water partition coefficient (Wildman–Crippen LogP) is 2.24. The van der Waals surface area contributed by atoms with Crippen LogP contribution in [0, 0.1) is 5.92 Å². The molecule has 2 atom stereocenters. The van der Waals surface area contributed by atoms with Crippen LogP contribution in [0.5, 0.6) is 0 Å². The van der Waals surface area contributed by atoms with Gasteiger partial charge in [-0.2, -0.15) is 4.31 Å². The van der Waals surface area contributed by atoms with Crippen LogP contribution >= 0.6 is 11.6 Å². The Morgan fingerprint density at radius 1 is 1.17 bits per heavy atom. The van der Waals surface area contributed by atoms with Crippen LogP contribution in [0.2, 0.25) is 5.02 Å². The van der Waals surface area contributed by atoms with E-state index in [0.29, 0.717) is 13.1 Å². The highest BCUT2D eigenvalue weighted by molar-refractivity contribution is 7.89. The van der Waals surface area contributed by atoms with E-state index in [-0.39, 0.29) is 21.8 Å². The first kappa shape index (κ1) is 16.0. The molecular formula is C17H18ClN3O2S. The van der Waals surface area contributed by atoms with Crippen LogP contribution in [0.15, 0.2) is 47.5 Å². The lowest BCUT2D eigenvalue weighted by Gasteiger charge is -2.24. The van der Waals surface area contributed by atoms with Crippen LogP contribution in [-0.2, 0) is 16.6 Å². The molecule has 0 spiro atoms. The normalized spacial score (nSPS) is 24.2. The molecular weight excluding hydrogens is 346 g/mol. The Hall–Kier alpha value is -1.47. The topological polar surface area (TPSA) is 62.3 Å². The SMILES string of the molecule is O=S(=O)(c1ccccc1Cl)N1Cc2cccnc2[C@H]2CNC[C@@H]2C1. The standard InChI is InChI=1S/C17H18ClN3O2S/c18-15-5-1-2-6-16(15)24(22,23)21-10-12-4-3-7-20-17(12)14-9-19-8-13(14)11-21/h1-7,13-14,19H,8-11H2/t13-,14+/m1/s1. The lowest BCUT2D eigenvalue weighted by Crippen LogP contribution is -2.35. The maximum atomic E-state index is 13.2. The third-order valence-corrected chi connectivity index (χ3v) is 7.17. The lowest BCUT2D eigenvalue weighted by atomic mass is 9.91. The highest BCUT2D eigenvalue weighted by Crippen LogP contribution is 2.36. The number of sulfonamides is 1. The summed E-state index contributed by atoms with van der Waals surface area (Å²) in [6, 6.07) is 10.4. The number of benzene rings is 1. The Balaban J connectivity index is 1.78. The van der Waals surface area contributed by atoms with Crippen LogP contribution in [0.3, 0.4) is 0 Å². The minimum absolute atomic E-state index is 0.168. The van der Waals surface area contributed by atoms with Crippen molar-refractivity contribution in [2.75, 3.05) is 19.6 Å². The maximum absolute atomic E-state index is 13.2. The molecule has 1 aromatic heterocycles. The molecule has 0 aliphatic carbocycles. The molecule has 2 aromatic rings. The number of nitrogens with one attached hydrogen (secondary N) is 1. The first-order valence-corrected chi connectivity index (χ1v) is 9.78. The van der Waals surface area contributed by atoms with E-state index in [1.54, 1.807) is 34.8 Å². The van der Waals surface area contributed by atoms with Gasteiger partial charge in [0.05, 0.1) is 5.02 Å². The first-order chi connectivity index (χ1) is 11.6. The summed E-state index contributed by atoms with van der Waals surface area (Å²) in [5.74, 6) is 0.478. The van der Waals surface area contributed by atoms with Gasteiger partial charge in [0.15, 0.2) is 0 Å². The zero-order valence-electron chi connectivity index (χ0n) is 13.0. The molecule has 3 heterocycles. The van der Waals surface area contributed by atoms with Gasteiger partial charge in [-0.3, -0.25) is 4.98 Å². The number of hydrogen-bond acceptors (Lipinski definition) is 4. The number of pyridine rings is 1. The second-order valence-corrected chi connectivity index (χ2v) is 8.61. The van der Waals surface area contributed by atoms with Crippen LogP contribution in [0.1, 0.15) is 17.2 Å². The van der Waals surface area contributed by atoms with E-state index in [1.807, 2.05) is 12.1 Å². The molecule has 126 valence electrons. The molecule has 7 heteroatoms. The summed E-state index contributed by atoms with van der Waals surface area (Å²) in [6.07, 6.45) is 1.78. The second-order valence-electron chi connectivity index (χ2n) is 6.30. The molecule has 1 saturated heterocycles. The third kappa shape index (κ3) is 2.63. The molecule has 0 unspecified atom stereocenters. The zero-order valence-corrected chi connectivity index (χ0v) is 14.6. The fraction of sp³-hybridized carbons (Fsp3) is 0.353.